The van der Waals surface area contributed by atoms with Crippen LogP contribution < -0.4 is 5.73 Å². The Morgan fingerprint density at radius 2 is 1.88 bits per heavy atom. The molecule has 16 heavy (non-hydrogen) atoms. The molecule has 0 bridgehead atoms. The summed E-state index contributed by atoms with van der Waals surface area (Å²) in [6.45, 7) is 3.91. The Morgan fingerprint density at radius 1 is 1.25 bits per heavy atom. The van der Waals surface area contributed by atoms with Gasteiger partial charge in [-0.2, -0.15) is 0 Å². The van der Waals surface area contributed by atoms with Crippen LogP contribution in [0.3, 0.4) is 0 Å². The second kappa shape index (κ2) is 6.18. The van der Waals surface area contributed by atoms with Gasteiger partial charge >= 0.3 is 0 Å². The highest BCUT2D eigenvalue weighted by Gasteiger charge is 2.01. The SMILES string of the molecule is CC(=O)N=C(C)CCc1ccccc1CN. The summed E-state index contributed by atoms with van der Waals surface area (Å²) in [5.41, 5.74) is 8.93. The van der Waals surface area contributed by atoms with Gasteiger partial charge in [-0.05, 0) is 30.9 Å². The van der Waals surface area contributed by atoms with E-state index in [-0.39, 0.29) is 5.91 Å². The number of benzene rings is 1. The van der Waals surface area contributed by atoms with Crippen molar-refractivity contribution in [2.75, 3.05) is 0 Å². The molecule has 2 N–H and O–H groups in total. The minimum atomic E-state index is -0.135. The number of hydrogen-bond donors (Lipinski definition) is 1. The molecule has 1 rings (SSSR count). The van der Waals surface area contributed by atoms with E-state index < -0.39 is 0 Å². The Balaban J connectivity index is 2.64. The van der Waals surface area contributed by atoms with Crippen molar-refractivity contribution in [1.29, 1.82) is 0 Å². The lowest BCUT2D eigenvalue weighted by Crippen LogP contribution is -2.04. The van der Waals surface area contributed by atoms with Gasteiger partial charge in [-0.15, -0.1) is 0 Å². The molecule has 0 saturated carbocycles. The minimum absolute atomic E-state index is 0.135. The summed E-state index contributed by atoms with van der Waals surface area (Å²) in [5.74, 6) is -0.135. The van der Waals surface area contributed by atoms with Crippen LogP contribution in [0.25, 0.3) is 0 Å². The van der Waals surface area contributed by atoms with Crippen molar-refractivity contribution >= 4 is 11.6 Å². The van der Waals surface area contributed by atoms with Gasteiger partial charge in [0.15, 0.2) is 0 Å². The molecule has 1 aromatic carbocycles. The van der Waals surface area contributed by atoms with Crippen LogP contribution in [0.1, 0.15) is 31.4 Å². The van der Waals surface area contributed by atoms with E-state index in [1.165, 1.54) is 12.5 Å². The fourth-order valence-corrected chi connectivity index (χ4v) is 1.64. The van der Waals surface area contributed by atoms with E-state index in [1.807, 2.05) is 25.1 Å². The zero-order valence-corrected chi connectivity index (χ0v) is 9.86. The van der Waals surface area contributed by atoms with Crippen LogP contribution in [0.5, 0.6) is 0 Å². The second-order valence-corrected chi connectivity index (χ2v) is 3.84. The van der Waals surface area contributed by atoms with E-state index in [1.54, 1.807) is 0 Å². The maximum Gasteiger partial charge on any atom is 0.242 e. The number of aryl methyl sites for hydroxylation is 1. The molecule has 0 aliphatic heterocycles. The molecule has 1 amide bonds. The standard InChI is InChI=1S/C13H18N2O/c1-10(15-11(2)16)7-8-12-5-3-4-6-13(12)9-14/h3-6H,7-9,14H2,1-2H3. The maximum absolute atomic E-state index is 10.8. The normalized spacial score (nSPS) is 11.6. The van der Waals surface area contributed by atoms with Gasteiger partial charge in [0.1, 0.15) is 0 Å². The molecule has 0 fully saturated rings. The topological polar surface area (TPSA) is 55.5 Å². The van der Waals surface area contributed by atoms with E-state index >= 15 is 0 Å². The Bertz CT molecular complexity index is 397. The number of rotatable bonds is 4. The summed E-state index contributed by atoms with van der Waals surface area (Å²) in [7, 11) is 0. The van der Waals surface area contributed by atoms with Gasteiger partial charge in [0.05, 0.1) is 0 Å². The summed E-state index contributed by atoms with van der Waals surface area (Å²) in [5, 5.41) is 0. The molecule has 0 saturated heterocycles. The number of nitrogens with two attached hydrogens (primary N) is 1. The summed E-state index contributed by atoms with van der Waals surface area (Å²) < 4.78 is 0. The van der Waals surface area contributed by atoms with Crippen LogP contribution in [-0.2, 0) is 17.8 Å². The highest BCUT2D eigenvalue weighted by atomic mass is 16.1. The number of amides is 1. The number of carbonyl (C=O) groups is 1. The molecule has 0 atom stereocenters. The lowest BCUT2D eigenvalue weighted by molar-refractivity contribution is -0.115. The summed E-state index contributed by atoms with van der Waals surface area (Å²) in [4.78, 5) is 14.7. The predicted molar refractivity (Wildman–Crippen MR) is 66.4 cm³/mol. The first-order valence-corrected chi connectivity index (χ1v) is 5.45. The van der Waals surface area contributed by atoms with Gasteiger partial charge in [0.2, 0.25) is 5.91 Å². The van der Waals surface area contributed by atoms with Crippen LogP contribution in [0.4, 0.5) is 0 Å². The van der Waals surface area contributed by atoms with E-state index in [9.17, 15) is 4.79 Å². The average molecular weight is 218 g/mol. The third-order valence-electron chi connectivity index (χ3n) is 2.44. The summed E-state index contributed by atoms with van der Waals surface area (Å²) in [6.07, 6.45) is 1.69. The van der Waals surface area contributed by atoms with E-state index in [4.69, 9.17) is 5.73 Å². The number of hydrogen-bond acceptors (Lipinski definition) is 2. The molecule has 0 spiro atoms. The zero-order valence-electron chi connectivity index (χ0n) is 9.86. The molecule has 0 aromatic heterocycles. The predicted octanol–water partition coefficient (Wildman–Crippen LogP) is 2.09. The average Bonchev–Trinajstić information content (AvgIpc) is 2.26. The van der Waals surface area contributed by atoms with Crippen molar-refractivity contribution in [2.45, 2.75) is 33.2 Å². The second-order valence-electron chi connectivity index (χ2n) is 3.84. The van der Waals surface area contributed by atoms with Crippen LogP contribution in [0.2, 0.25) is 0 Å². The number of aliphatic imine (C=N–C) groups is 1. The maximum atomic E-state index is 10.8. The molecule has 0 aliphatic rings. The van der Waals surface area contributed by atoms with Crippen molar-refractivity contribution < 1.29 is 4.79 Å². The Hall–Kier alpha value is -1.48. The molecule has 0 radical (unpaired) electrons. The molecular weight excluding hydrogens is 200 g/mol. The van der Waals surface area contributed by atoms with Crippen LogP contribution in [0.15, 0.2) is 29.3 Å². The molecular formula is C13H18N2O. The van der Waals surface area contributed by atoms with Crippen LogP contribution >= 0.6 is 0 Å². The molecule has 0 aliphatic carbocycles. The number of carbonyl (C=O) groups excluding carboxylic acids is 1. The van der Waals surface area contributed by atoms with Crippen molar-refractivity contribution in [1.82, 2.24) is 0 Å². The fourth-order valence-electron chi connectivity index (χ4n) is 1.64. The minimum Gasteiger partial charge on any atom is -0.326 e. The largest absolute Gasteiger partial charge is 0.326 e. The summed E-state index contributed by atoms with van der Waals surface area (Å²) in [6, 6.07) is 8.10. The first-order chi connectivity index (χ1) is 7.63. The van der Waals surface area contributed by atoms with Gasteiger partial charge in [-0.25, -0.2) is 4.99 Å². The Kier molecular flexibility index (Phi) is 4.86. The molecule has 0 unspecified atom stereocenters. The zero-order chi connectivity index (χ0) is 12.0. The van der Waals surface area contributed by atoms with Crippen molar-refractivity contribution in [2.24, 2.45) is 10.7 Å². The van der Waals surface area contributed by atoms with E-state index in [0.717, 1.165) is 24.1 Å². The monoisotopic (exact) mass is 218 g/mol. The van der Waals surface area contributed by atoms with Crippen molar-refractivity contribution in [3.8, 4) is 0 Å². The highest BCUT2D eigenvalue weighted by Crippen LogP contribution is 2.10. The van der Waals surface area contributed by atoms with E-state index in [0.29, 0.717) is 6.54 Å². The van der Waals surface area contributed by atoms with Crippen LogP contribution in [-0.4, -0.2) is 11.6 Å². The van der Waals surface area contributed by atoms with Gasteiger partial charge < -0.3 is 5.73 Å². The smallest absolute Gasteiger partial charge is 0.242 e. The van der Waals surface area contributed by atoms with Crippen LogP contribution in [0, 0.1) is 0 Å². The third-order valence-corrected chi connectivity index (χ3v) is 2.44. The van der Waals surface area contributed by atoms with E-state index in [2.05, 4.69) is 11.1 Å². The van der Waals surface area contributed by atoms with Gasteiger partial charge in [-0.3, -0.25) is 4.79 Å². The molecule has 1 aromatic rings. The quantitative estimate of drug-likeness (QED) is 0.787. The Labute approximate surface area is 96.4 Å². The Morgan fingerprint density at radius 3 is 2.44 bits per heavy atom. The number of nitrogens with zero attached hydrogens (tertiary/aromatic N) is 1. The van der Waals surface area contributed by atoms with Gasteiger partial charge in [-0.1, -0.05) is 24.3 Å². The molecule has 0 heterocycles. The highest BCUT2D eigenvalue weighted by molar-refractivity contribution is 5.93. The first kappa shape index (κ1) is 12.6. The third kappa shape index (κ3) is 3.95. The lowest BCUT2D eigenvalue weighted by Gasteiger charge is -2.06. The lowest BCUT2D eigenvalue weighted by atomic mass is 10.0. The molecule has 3 nitrogen and oxygen atoms in total. The van der Waals surface area contributed by atoms with Gasteiger partial charge in [0.25, 0.3) is 0 Å². The van der Waals surface area contributed by atoms with Crippen molar-refractivity contribution in [3.05, 3.63) is 35.4 Å². The first-order valence-electron chi connectivity index (χ1n) is 5.45. The summed E-state index contributed by atoms with van der Waals surface area (Å²) >= 11 is 0. The van der Waals surface area contributed by atoms with Gasteiger partial charge in [0, 0.05) is 19.2 Å². The van der Waals surface area contributed by atoms with Crippen molar-refractivity contribution in [3.63, 3.8) is 0 Å². The fraction of sp³-hybridized carbons (Fsp3) is 0.385. The molecule has 3 heteroatoms. The molecule has 86 valence electrons.